The number of carbonyl (C=O) groups excluding carboxylic acids is 2. The van der Waals surface area contributed by atoms with Gasteiger partial charge in [0, 0.05) is 44.7 Å². The predicted octanol–water partition coefficient (Wildman–Crippen LogP) is 2.61. The molecule has 2 heterocycles. The lowest BCUT2D eigenvalue weighted by Gasteiger charge is -2.31. The molecule has 1 N–H and O–H groups in total. The van der Waals surface area contributed by atoms with E-state index in [-0.39, 0.29) is 17.9 Å². The fraction of sp³-hybridized carbons (Fsp3) is 0.417. The zero-order valence-electron chi connectivity index (χ0n) is 17.3. The Hall–Kier alpha value is -2.70. The lowest BCUT2D eigenvalue weighted by atomic mass is 10.0. The van der Waals surface area contributed by atoms with Crippen LogP contribution in [0.1, 0.15) is 40.4 Å². The molecule has 0 bridgehead atoms. The van der Waals surface area contributed by atoms with Crippen molar-refractivity contribution < 1.29 is 14.3 Å². The molecule has 0 unspecified atom stereocenters. The lowest BCUT2D eigenvalue weighted by Crippen LogP contribution is -2.43. The molecule has 6 heteroatoms. The highest BCUT2D eigenvalue weighted by Crippen LogP contribution is 2.18. The summed E-state index contributed by atoms with van der Waals surface area (Å²) in [5, 5.41) is 3.21. The summed E-state index contributed by atoms with van der Waals surface area (Å²) in [4.78, 5) is 29.0. The van der Waals surface area contributed by atoms with Gasteiger partial charge in [0.2, 0.25) is 5.91 Å². The summed E-state index contributed by atoms with van der Waals surface area (Å²) in [7, 11) is 0. The molecule has 158 valence electrons. The summed E-state index contributed by atoms with van der Waals surface area (Å²) < 4.78 is 5.45. The van der Waals surface area contributed by atoms with E-state index in [1.807, 2.05) is 47.4 Å². The number of morpholine rings is 1. The van der Waals surface area contributed by atoms with E-state index in [1.54, 1.807) is 0 Å². The van der Waals surface area contributed by atoms with Gasteiger partial charge in [-0.2, -0.15) is 0 Å². The molecule has 0 aromatic heterocycles. The quantitative estimate of drug-likeness (QED) is 0.767. The maximum atomic E-state index is 13.0. The van der Waals surface area contributed by atoms with Crippen molar-refractivity contribution in [2.75, 3.05) is 39.4 Å². The van der Waals surface area contributed by atoms with Crippen molar-refractivity contribution in [3.8, 4) is 0 Å². The summed E-state index contributed by atoms with van der Waals surface area (Å²) in [5.41, 5.74) is 2.78. The van der Waals surface area contributed by atoms with E-state index in [2.05, 4.69) is 22.3 Å². The van der Waals surface area contributed by atoms with Gasteiger partial charge in [0.25, 0.3) is 5.91 Å². The largest absolute Gasteiger partial charge is 0.379 e. The molecule has 2 aromatic carbocycles. The van der Waals surface area contributed by atoms with Crippen molar-refractivity contribution >= 4 is 11.8 Å². The minimum absolute atomic E-state index is 0.0825. The number of hydrogen-bond donors (Lipinski definition) is 1. The zero-order valence-corrected chi connectivity index (χ0v) is 17.3. The smallest absolute Gasteiger partial charge is 0.251 e. The van der Waals surface area contributed by atoms with Crippen molar-refractivity contribution in [3.05, 3.63) is 71.3 Å². The molecule has 2 aliphatic heterocycles. The van der Waals surface area contributed by atoms with Gasteiger partial charge in [-0.25, -0.2) is 0 Å². The minimum atomic E-state index is -0.0845. The molecule has 30 heavy (non-hydrogen) atoms. The Labute approximate surface area is 177 Å². The van der Waals surface area contributed by atoms with Crippen LogP contribution in [-0.2, 0) is 16.1 Å². The van der Waals surface area contributed by atoms with Crippen LogP contribution in [0.4, 0.5) is 0 Å². The number of nitrogens with one attached hydrogen (secondary N) is 1. The molecule has 2 aromatic rings. The van der Waals surface area contributed by atoms with Gasteiger partial charge in [-0.1, -0.05) is 42.5 Å². The third kappa shape index (κ3) is 5.26. The summed E-state index contributed by atoms with van der Waals surface area (Å²) >= 11 is 0. The van der Waals surface area contributed by atoms with Gasteiger partial charge in [0.05, 0.1) is 19.3 Å². The van der Waals surface area contributed by atoms with E-state index >= 15 is 0 Å². The molecule has 2 aliphatic rings. The standard InChI is InChI=1S/C24H29N3O3/c28-23-7-4-12-27(23)17-19-8-10-21(11-9-19)24(29)25-22(20-5-2-1-3-6-20)18-26-13-15-30-16-14-26/h1-3,5-6,8-11,22H,4,7,12-18H2,(H,25,29)/t22-/m1/s1. The highest BCUT2D eigenvalue weighted by molar-refractivity contribution is 5.94. The van der Waals surface area contributed by atoms with Crippen LogP contribution >= 0.6 is 0 Å². The second kappa shape index (κ2) is 9.87. The molecule has 0 spiro atoms. The average Bonchev–Trinajstić information content (AvgIpc) is 3.19. The first-order valence-corrected chi connectivity index (χ1v) is 10.7. The predicted molar refractivity (Wildman–Crippen MR) is 115 cm³/mol. The lowest BCUT2D eigenvalue weighted by molar-refractivity contribution is -0.128. The summed E-state index contributed by atoms with van der Waals surface area (Å²) in [6, 6.07) is 17.6. The molecule has 0 aliphatic carbocycles. The monoisotopic (exact) mass is 407 g/mol. The first-order valence-electron chi connectivity index (χ1n) is 10.7. The van der Waals surface area contributed by atoms with Crippen molar-refractivity contribution in [1.82, 2.24) is 15.1 Å². The highest BCUT2D eigenvalue weighted by Gasteiger charge is 2.22. The molecule has 0 saturated carbocycles. The van der Waals surface area contributed by atoms with Gasteiger partial charge in [0.1, 0.15) is 0 Å². The topological polar surface area (TPSA) is 61.9 Å². The Balaban J connectivity index is 1.41. The van der Waals surface area contributed by atoms with E-state index in [9.17, 15) is 9.59 Å². The summed E-state index contributed by atoms with van der Waals surface area (Å²) in [6.07, 6.45) is 1.58. The number of hydrogen-bond acceptors (Lipinski definition) is 4. The highest BCUT2D eigenvalue weighted by atomic mass is 16.5. The number of nitrogens with zero attached hydrogens (tertiary/aromatic N) is 2. The SMILES string of the molecule is O=C(N[C@H](CN1CCOCC1)c1ccccc1)c1ccc(CN2CCCC2=O)cc1. The number of likely N-dealkylation sites (tertiary alicyclic amines) is 1. The van der Waals surface area contributed by atoms with E-state index < -0.39 is 0 Å². The first kappa shape index (κ1) is 20.6. The summed E-state index contributed by atoms with van der Waals surface area (Å²) in [5.74, 6) is 0.131. The fourth-order valence-electron chi connectivity index (χ4n) is 4.06. The van der Waals surface area contributed by atoms with Crippen molar-refractivity contribution in [2.24, 2.45) is 0 Å². The van der Waals surface area contributed by atoms with Crippen LogP contribution in [0, 0.1) is 0 Å². The molecule has 4 rings (SSSR count). The van der Waals surface area contributed by atoms with Crippen LogP contribution in [-0.4, -0.2) is 61.0 Å². The maximum Gasteiger partial charge on any atom is 0.251 e. The first-order chi connectivity index (χ1) is 14.7. The molecule has 0 radical (unpaired) electrons. The van der Waals surface area contributed by atoms with Gasteiger partial charge in [-0.3, -0.25) is 14.5 Å². The van der Waals surface area contributed by atoms with Crippen LogP contribution in [0.15, 0.2) is 54.6 Å². The number of amides is 2. The van der Waals surface area contributed by atoms with Crippen molar-refractivity contribution in [1.29, 1.82) is 0 Å². The third-order valence-electron chi connectivity index (χ3n) is 5.81. The Kier molecular flexibility index (Phi) is 6.77. The Morgan fingerprint density at radius 1 is 1.00 bits per heavy atom. The van der Waals surface area contributed by atoms with Crippen molar-refractivity contribution in [3.63, 3.8) is 0 Å². The van der Waals surface area contributed by atoms with Crippen molar-refractivity contribution in [2.45, 2.75) is 25.4 Å². The van der Waals surface area contributed by atoms with Gasteiger partial charge < -0.3 is 15.0 Å². The number of rotatable bonds is 7. The van der Waals surface area contributed by atoms with Gasteiger partial charge >= 0.3 is 0 Å². The van der Waals surface area contributed by atoms with Gasteiger partial charge in [0.15, 0.2) is 0 Å². The van der Waals surface area contributed by atoms with E-state index in [0.717, 1.165) is 56.9 Å². The Morgan fingerprint density at radius 2 is 1.73 bits per heavy atom. The maximum absolute atomic E-state index is 13.0. The second-order valence-corrected chi connectivity index (χ2v) is 7.97. The molecule has 2 amide bonds. The van der Waals surface area contributed by atoms with E-state index in [4.69, 9.17) is 4.74 Å². The molecule has 2 fully saturated rings. The Bertz CT molecular complexity index is 848. The third-order valence-corrected chi connectivity index (χ3v) is 5.81. The molecule has 2 saturated heterocycles. The zero-order chi connectivity index (χ0) is 20.8. The van der Waals surface area contributed by atoms with Crippen LogP contribution in [0.2, 0.25) is 0 Å². The number of ether oxygens (including phenoxy) is 1. The molecular weight excluding hydrogens is 378 g/mol. The minimum Gasteiger partial charge on any atom is -0.379 e. The van der Waals surface area contributed by atoms with Gasteiger partial charge in [-0.05, 0) is 29.7 Å². The van der Waals surface area contributed by atoms with Crippen LogP contribution in [0.5, 0.6) is 0 Å². The molecule has 1 atom stereocenters. The van der Waals surface area contributed by atoms with Crippen LogP contribution in [0.3, 0.4) is 0 Å². The van der Waals surface area contributed by atoms with E-state index in [1.165, 1.54) is 0 Å². The summed E-state index contributed by atoms with van der Waals surface area (Å²) in [6.45, 7) is 5.42. The van der Waals surface area contributed by atoms with Gasteiger partial charge in [-0.15, -0.1) is 0 Å². The normalized spacial score (nSPS) is 18.4. The number of carbonyl (C=O) groups is 2. The molecule has 6 nitrogen and oxygen atoms in total. The Morgan fingerprint density at radius 3 is 2.40 bits per heavy atom. The van der Waals surface area contributed by atoms with Crippen LogP contribution < -0.4 is 5.32 Å². The van der Waals surface area contributed by atoms with E-state index in [0.29, 0.717) is 18.5 Å². The molecular formula is C24H29N3O3. The fourth-order valence-corrected chi connectivity index (χ4v) is 4.06. The average molecular weight is 408 g/mol. The number of benzene rings is 2. The second-order valence-electron chi connectivity index (χ2n) is 7.97. The van der Waals surface area contributed by atoms with Crippen LogP contribution in [0.25, 0.3) is 0 Å².